The molecular weight excluding hydrogens is 709 g/mol. The zero-order valence-electron chi connectivity index (χ0n) is 24.2. The third kappa shape index (κ3) is 8.61. The number of rotatable bonds is 13. The van der Waals surface area contributed by atoms with Gasteiger partial charge in [0, 0.05) is 24.3 Å². The predicted octanol–water partition coefficient (Wildman–Crippen LogP) is 5.73. The van der Waals surface area contributed by atoms with Gasteiger partial charge in [0.15, 0.2) is 29.3 Å². The predicted molar refractivity (Wildman–Crippen MR) is 173 cm³/mol. The first-order chi connectivity index (χ1) is 21.5. The molecule has 1 saturated carbocycles. The molecule has 2 heterocycles. The molecule has 1 aromatic heterocycles. The third-order valence-corrected chi connectivity index (χ3v) is 11.0. The van der Waals surface area contributed by atoms with E-state index in [1.165, 1.54) is 49.6 Å². The van der Waals surface area contributed by atoms with Crippen molar-refractivity contribution in [1.29, 1.82) is 0 Å². The van der Waals surface area contributed by atoms with Crippen LogP contribution in [0.15, 0.2) is 59.8 Å². The van der Waals surface area contributed by atoms with E-state index in [1.807, 2.05) is 0 Å². The summed E-state index contributed by atoms with van der Waals surface area (Å²) in [5.41, 5.74) is 0.590. The molecule has 2 aliphatic rings. The van der Waals surface area contributed by atoms with E-state index < -0.39 is 34.1 Å². The number of alkyl halides is 2. The van der Waals surface area contributed by atoms with Crippen molar-refractivity contribution < 1.29 is 45.7 Å². The number of aromatic nitrogens is 1. The number of carbonyl (C=O) groups is 1. The summed E-state index contributed by atoms with van der Waals surface area (Å²) >= 11 is 13.8. The minimum absolute atomic E-state index is 0. The molecule has 46 heavy (non-hydrogen) atoms. The third-order valence-electron chi connectivity index (χ3n) is 7.15. The monoisotopic (exact) mass is 738 g/mol. The lowest BCUT2D eigenvalue weighted by Crippen LogP contribution is -2.40. The van der Waals surface area contributed by atoms with Crippen LogP contribution in [0.3, 0.4) is 0 Å². The van der Waals surface area contributed by atoms with Crippen LogP contribution >= 0.6 is 48.5 Å². The Bertz CT molecular complexity index is 1630. The number of sulfonamides is 1. The molecule has 1 aliphatic carbocycles. The van der Waals surface area contributed by atoms with E-state index in [0.29, 0.717) is 27.7 Å². The van der Waals surface area contributed by atoms with Crippen molar-refractivity contribution in [3.05, 3.63) is 81.2 Å². The summed E-state index contributed by atoms with van der Waals surface area (Å²) in [6.07, 6.45) is 2.79. The Balaban J connectivity index is 0.00000480. The molecule has 0 N–H and O–H groups in total. The molecule has 2 atom stereocenters. The summed E-state index contributed by atoms with van der Waals surface area (Å²) in [5.74, 6) is 0.0386. The molecular formula is C29H30Cl2F2N2O8S3. The van der Waals surface area contributed by atoms with Crippen LogP contribution in [0.25, 0.3) is 0 Å². The van der Waals surface area contributed by atoms with Crippen molar-refractivity contribution in [1.82, 2.24) is 4.31 Å². The van der Waals surface area contributed by atoms with Crippen molar-refractivity contribution >= 4 is 64.5 Å². The molecule has 1 aliphatic heterocycles. The summed E-state index contributed by atoms with van der Waals surface area (Å²) in [5, 5.41) is 10.6. The normalized spacial score (nSPS) is 17.3. The molecule has 0 spiro atoms. The van der Waals surface area contributed by atoms with Crippen LogP contribution in [0.4, 0.5) is 8.78 Å². The smallest absolute Gasteiger partial charge is 0.387 e. The van der Waals surface area contributed by atoms with Crippen LogP contribution in [0.1, 0.15) is 30.1 Å². The van der Waals surface area contributed by atoms with Crippen molar-refractivity contribution in [3.8, 4) is 17.2 Å². The van der Waals surface area contributed by atoms with Gasteiger partial charge in [0.25, 0.3) is 0 Å². The van der Waals surface area contributed by atoms with E-state index in [1.54, 1.807) is 0 Å². The minimum Gasteiger partial charge on any atom is -0.619 e. The number of esters is 1. The molecule has 2 fully saturated rings. The maximum atomic E-state index is 13.7. The van der Waals surface area contributed by atoms with Crippen molar-refractivity contribution in [2.75, 3.05) is 26.0 Å². The lowest BCUT2D eigenvalue weighted by Gasteiger charge is -2.26. The second-order valence-corrected chi connectivity index (χ2v) is 14.2. The minimum atomic E-state index is -4.10. The number of methoxy groups -OCH3 is 1. The molecule has 0 unspecified atom stereocenters. The van der Waals surface area contributed by atoms with Crippen molar-refractivity contribution in [3.63, 3.8) is 0 Å². The number of hydrogen-bond donors (Lipinski definition) is 0. The highest BCUT2D eigenvalue weighted by atomic mass is 35.5. The number of thioether (sulfide) groups is 1. The molecule has 17 heteroatoms. The fraction of sp³-hybridized carbons (Fsp3) is 0.379. The van der Waals surface area contributed by atoms with Gasteiger partial charge in [-0.1, -0.05) is 29.3 Å². The largest absolute Gasteiger partial charge is 0.619 e. The van der Waals surface area contributed by atoms with E-state index in [2.05, 4.69) is 4.74 Å². The fourth-order valence-corrected chi connectivity index (χ4v) is 8.28. The average molecular weight is 740 g/mol. The lowest BCUT2D eigenvalue weighted by atomic mass is 10.0. The summed E-state index contributed by atoms with van der Waals surface area (Å²) in [6, 6.07) is 9.89. The molecule has 0 radical (unpaired) electrons. The van der Waals surface area contributed by atoms with Gasteiger partial charge in [0.2, 0.25) is 10.0 Å². The lowest BCUT2D eigenvalue weighted by molar-refractivity contribution is -0.605. The van der Waals surface area contributed by atoms with Crippen LogP contribution in [-0.4, -0.2) is 56.7 Å². The second kappa shape index (κ2) is 15.5. The van der Waals surface area contributed by atoms with Gasteiger partial charge < -0.3 is 24.2 Å². The number of pyridine rings is 1. The first kappa shape index (κ1) is 36.2. The number of benzene rings is 2. The Hall–Kier alpha value is -2.69. The van der Waals surface area contributed by atoms with Crippen molar-refractivity contribution in [2.24, 2.45) is 5.92 Å². The molecule has 250 valence electrons. The molecule has 0 bridgehead atoms. The van der Waals surface area contributed by atoms with Gasteiger partial charge in [0.1, 0.15) is 21.9 Å². The highest BCUT2D eigenvalue weighted by molar-refractivity contribution is 8.02. The summed E-state index contributed by atoms with van der Waals surface area (Å²) in [4.78, 5) is 13.7. The van der Waals surface area contributed by atoms with Gasteiger partial charge in [-0.25, -0.2) is 13.2 Å². The van der Waals surface area contributed by atoms with Crippen LogP contribution < -0.4 is 18.9 Å². The van der Waals surface area contributed by atoms with Gasteiger partial charge in [0.05, 0.1) is 18.6 Å². The second-order valence-electron chi connectivity index (χ2n) is 10.3. The van der Waals surface area contributed by atoms with Gasteiger partial charge in [-0.15, -0.1) is 11.8 Å². The summed E-state index contributed by atoms with van der Waals surface area (Å²) in [6.45, 7) is -2.77. The Labute approximate surface area is 285 Å². The maximum absolute atomic E-state index is 13.7. The van der Waals surface area contributed by atoms with E-state index in [-0.39, 0.29) is 65.1 Å². The average Bonchev–Trinajstić information content (AvgIpc) is 3.69. The van der Waals surface area contributed by atoms with Gasteiger partial charge >= 0.3 is 12.6 Å². The number of halogens is 4. The van der Waals surface area contributed by atoms with E-state index in [9.17, 15) is 27.2 Å². The molecule has 1 saturated heterocycles. The molecule has 0 amide bonds. The Kier molecular flexibility index (Phi) is 12.2. The zero-order chi connectivity index (χ0) is 32.3. The standard InChI is InChI=1S/C29H28Cl2F2N2O8S2.H2S/c1-40-19-5-7-20(8-6-19)45(38,39)35-10-11-44-27(35)28(36)42-25(13-21-22(30)14-34(37)15-23(21)31)18-4-9-24(43-29(32)33)26(12-18)41-16-17-2-3-17;/h4-9,12,14-15,17,25,27,29H,2-3,10-11,13,16H2,1H3;1H2/t25-,27-;/m0./s1. The number of nitrogens with zero attached hydrogens (tertiary/aromatic N) is 2. The zero-order valence-corrected chi connectivity index (χ0v) is 28.4. The van der Waals surface area contributed by atoms with Crippen LogP contribution in [0, 0.1) is 11.1 Å². The highest BCUT2D eigenvalue weighted by Crippen LogP contribution is 2.39. The quantitative estimate of drug-likeness (QED) is 0.123. The van der Waals surface area contributed by atoms with E-state index in [0.717, 1.165) is 41.3 Å². The van der Waals surface area contributed by atoms with Gasteiger partial charge in [-0.2, -0.15) is 31.3 Å². The van der Waals surface area contributed by atoms with E-state index >= 15 is 0 Å². The highest BCUT2D eigenvalue weighted by Gasteiger charge is 2.42. The first-order valence-corrected chi connectivity index (χ1v) is 17.0. The first-order valence-electron chi connectivity index (χ1n) is 13.7. The Morgan fingerprint density at radius 1 is 1.11 bits per heavy atom. The molecule has 5 rings (SSSR count). The topological polar surface area (TPSA) is 118 Å². The van der Waals surface area contributed by atoms with Gasteiger partial charge in [-0.05, 0) is 60.7 Å². The molecule has 10 nitrogen and oxygen atoms in total. The van der Waals surface area contributed by atoms with Crippen LogP contribution in [0.5, 0.6) is 17.2 Å². The summed E-state index contributed by atoms with van der Waals surface area (Å²) in [7, 11) is -2.64. The fourth-order valence-electron chi connectivity index (χ4n) is 4.63. The number of hydrogen-bond acceptors (Lipinski definition) is 9. The Morgan fingerprint density at radius 2 is 1.78 bits per heavy atom. The van der Waals surface area contributed by atoms with Crippen molar-refractivity contribution in [2.45, 2.75) is 42.2 Å². The van der Waals surface area contributed by atoms with Crippen LogP contribution in [-0.2, 0) is 26.0 Å². The molecule has 2 aromatic carbocycles. The Morgan fingerprint density at radius 3 is 2.39 bits per heavy atom. The maximum Gasteiger partial charge on any atom is 0.387 e. The van der Waals surface area contributed by atoms with E-state index in [4.69, 9.17) is 37.4 Å². The number of ether oxygens (including phenoxy) is 4. The summed E-state index contributed by atoms with van der Waals surface area (Å²) < 4.78 is 76.3. The number of carbonyl (C=O) groups excluding carboxylic acids is 1. The molecule has 3 aromatic rings. The van der Waals surface area contributed by atoms with Crippen LogP contribution in [0.2, 0.25) is 10.0 Å². The SMILES string of the molecule is COc1ccc(S(=O)(=O)N2CCS[C@H]2C(=O)O[C@@H](Cc2c(Cl)c[n+]([O-])cc2Cl)c2ccc(OC(F)F)c(OCC3CC3)c2)cc1.S. The van der Waals surface area contributed by atoms with Gasteiger partial charge in [-0.3, -0.25) is 0 Å².